The highest BCUT2D eigenvalue weighted by Gasteiger charge is 2.16. The fraction of sp³-hybridized carbons (Fsp3) is 0. The van der Waals surface area contributed by atoms with Gasteiger partial charge in [-0.25, -0.2) is 4.39 Å². The maximum absolute atomic E-state index is 14.1. The van der Waals surface area contributed by atoms with Gasteiger partial charge in [0.1, 0.15) is 11.5 Å². The van der Waals surface area contributed by atoms with Gasteiger partial charge in [-0.05, 0) is 46.8 Å². The molecule has 3 rings (SSSR count). The summed E-state index contributed by atoms with van der Waals surface area (Å²) >= 11 is 9.36. The van der Waals surface area contributed by atoms with E-state index < -0.39 is 5.82 Å². The molecule has 0 fully saturated rings. The average molecular weight is 369 g/mol. The van der Waals surface area contributed by atoms with E-state index in [1.165, 1.54) is 10.7 Å². The van der Waals surface area contributed by atoms with Gasteiger partial charge in [0, 0.05) is 15.7 Å². The molecular weight excluding hydrogens is 361 g/mol. The molecule has 0 atom stereocenters. The second kappa shape index (κ2) is 5.42. The fourth-order valence-electron chi connectivity index (χ4n) is 1.88. The molecule has 0 saturated heterocycles. The van der Waals surface area contributed by atoms with E-state index in [2.05, 4.69) is 31.5 Å². The predicted octanol–water partition coefficient (Wildman–Crippen LogP) is 3.47. The molecule has 0 amide bonds. The van der Waals surface area contributed by atoms with Crippen LogP contribution in [0.1, 0.15) is 0 Å². The summed E-state index contributed by atoms with van der Waals surface area (Å²) in [5, 5.41) is 11.7. The van der Waals surface area contributed by atoms with Crippen LogP contribution in [0, 0.1) is 5.82 Å². The summed E-state index contributed by atoms with van der Waals surface area (Å²) in [6.07, 6.45) is 0. The Morgan fingerprint density at radius 3 is 2.71 bits per heavy atom. The maximum atomic E-state index is 14.1. The zero-order chi connectivity index (χ0) is 15.0. The van der Waals surface area contributed by atoms with Crippen molar-refractivity contribution in [1.82, 2.24) is 20.2 Å². The Morgan fingerprint density at radius 1 is 1.19 bits per heavy atom. The van der Waals surface area contributed by atoms with Crippen LogP contribution in [-0.2, 0) is 0 Å². The minimum absolute atomic E-state index is 0.228. The first kappa shape index (κ1) is 14.0. The van der Waals surface area contributed by atoms with Gasteiger partial charge in [0.05, 0.1) is 5.02 Å². The van der Waals surface area contributed by atoms with Crippen LogP contribution < -0.4 is 5.73 Å². The number of nitrogen functional groups attached to an aromatic ring is 1. The quantitative estimate of drug-likeness (QED) is 0.703. The smallest absolute Gasteiger partial charge is 0.188 e. The monoisotopic (exact) mass is 367 g/mol. The van der Waals surface area contributed by atoms with E-state index in [0.717, 1.165) is 0 Å². The van der Waals surface area contributed by atoms with E-state index in [4.69, 9.17) is 17.3 Å². The number of hydrogen-bond acceptors (Lipinski definition) is 4. The normalized spacial score (nSPS) is 10.8. The van der Waals surface area contributed by atoms with E-state index in [0.29, 0.717) is 26.6 Å². The number of halogens is 3. The predicted molar refractivity (Wildman–Crippen MR) is 81.7 cm³/mol. The number of aromatic nitrogens is 4. The molecule has 0 aliphatic heterocycles. The third-order valence-electron chi connectivity index (χ3n) is 2.84. The molecule has 0 aliphatic rings. The lowest BCUT2D eigenvalue weighted by Crippen LogP contribution is -2.03. The van der Waals surface area contributed by atoms with Crippen molar-refractivity contribution in [2.24, 2.45) is 0 Å². The Hall–Kier alpha value is -1.99. The topological polar surface area (TPSA) is 69.6 Å². The van der Waals surface area contributed by atoms with Crippen LogP contribution in [0.2, 0.25) is 5.02 Å². The SMILES string of the molecule is Nc1ccc(-c2nnnn2-c2ccc(Br)cc2F)c(Cl)c1. The second-order valence-corrected chi connectivity index (χ2v) is 5.57. The van der Waals surface area contributed by atoms with E-state index >= 15 is 0 Å². The van der Waals surface area contributed by atoms with Gasteiger partial charge >= 0.3 is 0 Å². The summed E-state index contributed by atoms with van der Waals surface area (Å²) in [5.74, 6) is -0.120. The Kier molecular flexibility index (Phi) is 3.60. The molecule has 5 nitrogen and oxygen atoms in total. The lowest BCUT2D eigenvalue weighted by Gasteiger charge is -2.08. The van der Waals surface area contributed by atoms with Crippen molar-refractivity contribution in [3.8, 4) is 17.1 Å². The van der Waals surface area contributed by atoms with Crippen LogP contribution in [0.15, 0.2) is 40.9 Å². The zero-order valence-electron chi connectivity index (χ0n) is 10.5. The number of nitrogens with two attached hydrogens (primary N) is 1. The number of rotatable bonds is 2. The van der Waals surface area contributed by atoms with Gasteiger partial charge in [-0.15, -0.1) is 5.10 Å². The Balaban J connectivity index is 2.17. The van der Waals surface area contributed by atoms with Crippen molar-refractivity contribution in [3.63, 3.8) is 0 Å². The fourth-order valence-corrected chi connectivity index (χ4v) is 2.49. The summed E-state index contributed by atoms with van der Waals surface area (Å²) < 4.78 is 16.0. The number of tetrazole rings is 1. The van der Waals surface area contributed by atoms with Gasteiger partial charge in [0.15, 0.2) is 5.82 Å². The van der Waals surface area contributed by atoms with Crippen molar-refractivity contribution in [1.29, 1.82) is 0 Å². The summed E-state index contributed by atoms with van der Waals surface area (Å²) in [6, 6.07) is 9.58. The third-order valence-corrected chi connectivity index (χ3v) is 3.65. The van der Waals surface area contributed by atoms with Crippen LogP contribution in [0.4, 0.5) is 10.1 Å². The largest absolute Gasteiger partial charge is 0.399 e. The molecule has 1 heterocycles. The maximum Gasteiger partial charge on any atom is 0.188 e. The molecule has 1 aromatic heterocycles. The van der Waals surface area contributed by atoms with E-state index in [-0.39, 0.29) is 5.69 Å². The van der Waals surface area contributed by atoms with Gasteiger partial charge in [-0.2, -0.15) is 4.68 Å². The van der Waals surface area contributed by atoms with Gasteiger partial charge in [0.25, 0.3) is 0 Å². The molecule has 3 aromatic rings. The van der Waals surface area contributed by atoms with Crippen molar-refractivity contribution in [3.05, 3.63) is 51.7 Å². The number of benzene rings is 2. The van der Waals surface area contributed by atoms with Crippen molar-refractivity contribution >= 4 is 33.2 Å². The minimum atomic E-state index is -0.454. The first-order valence-electron chi connectivity index (χ1n) is 5.85. The highest BCUT2D eigenvalue weighted by molar-refractivity contribution is 9.10. The molecule has 2 aromatic carbocycles. The van der Waals surface area contributed by atoms with Crippen LogP contribution in [0.25, 0.3) is 17.1 Å². The molecule has 8 heteroatoms. The number of hydrogen-bond donors (Lipinski definition) is 1. The highest BCUT2D eigenvalue weighted by Crippen LogP contribution is 2.29. The molecule has 106 valence electrons. The molecule has 0 bridgehead atoms. The lowest BCUT2D eigenvalue weighted by atomic mass is 10.2. The standard InChI is InChI=1S/C13H8BrClFN5/c14-7-1-4-12(11(16)5-7)21-13(18-19-20-21)9-3-2-8(17)6-10(9)15/h1-6H,17H2. The van der Waals surface area contributed by atoms with Crippen molar-refractivity contribution < 1.29 is 4.39 Å². The minimum Gasteiger partial charge on any atom is -0.399 e. The van der Waals surface area contributed by atoms with E-state index in [1.54, 1.807) is 30.3 Å². The van der Waals surface area contributed by atoms with Gasteiger partial charge < -0.3 is 5.73 Å². The molecule has 21 heavy (non-hydrogen) atoms. The summed E-state index contributed by atoms with van der Waals surface area (Å²) in [7, 11) is 0. The Bertz CT molecular complexity index is 754. The Morgan fingerprint density at radius 2 is 2.00 bits per heavy atom. The first-order chi connectivity index (χ1) is 10.1. The molecule has 0 saturated carbocycles. The molecule has 0 radical (unpaired) electrons. The summed E-state index contributed by atoms with van der Waals surface area (Å²) in [5.41, 5.74) is 6.98. The first-order valence-corrected chi connectivity index (χ1v) is 7.02. The van der Waals surface area contributed by atoms with E-state index in [1.807, 2.05) is 0 Å². The number of anilines is 1. The van der Waals surface area contributed by atoms with Crippen LogP contribution in [0.5, 0.6) is 0 Å². The van der Waals surface area contributed by atoms with Crippen molar-refractivity contribution in [2.75, 3.05) is 5.73 Å². The van der Waals surface area contributed by atoms with Gasteiger partial charge in [-0.3, -0.25) is 0 Å². The molecule has 0 unspecified atom stereocenters. The molecular formula is C13H8BrClFN5. The summed E-state index contributed by atoms with van der Waals surface area (Å²) in [4.78, 5) is 0. The number of nitrogens with zero attached hydrogens (tertiary/aromatic N) is 4. The highest BCUT2D eigenvalue weighted by atomic mass is 79.9. The van der Waals surface area contributed by atoms with Crippen LogP contribution in [-0.4, -0.2) is 20.2 Å². The zero-order valence-corrected chi connectivity index (χ0v) is 12.8. The van der Waals surface area contributed by atoms with Crippen LogP contribution >= 0.6 is 27.5 Å². The summed E-state index contributed by atoms with van der Waals surface area (Å²) in [6.45, 7) is 0. The Labute approximate surface area is 132 Å². The van der Waals surface area contributed by atoms with Gasteiger partial charge in [-0.1, -0.05) is 27.5 Å². The molecule has 0 spiro atoms. The van der Waals surface area contributed by atoms with Crippen LogP contribution in [0.3, 0.4) is 0 Å². The average Bonchev–Trinajstić information content (AvgIpc) is 2.87. The lowest BCUT2D eigenvalue weighted by molar-refractivity contribution is 0.607. The molecule has 2 N–H and O–H groups in total. The third kappa shape index (κ3) is 2.62. The van der Waals surface area contributed by atoms with E-state index in [9.17, 15) is 4.39 Å². The second-order valence-electron chi connectivity index (χ2n) is 4.25. The van der Waals surface area contributed by atoms with Crippen molar-refractivity contribution in [2.45, 2.75) is 0 Å². The molecule has 0 aliphatic carbocycles. The van der Waals surface area contributed by atoms with Gasteiger partial charge in [0.2, 0.25) is 0 Å².